The van der Waals surface area contributed by atoms with Crippen molar-refractivity contribution in [3.05, 3.63) is 105 Å². The molecule has 0 aliphatic carbocycles. The quantitative estimate of drug-likeness (QED) is 0.231. The molecule has 210 valence electrons. The van der Waals surface area contributed by atoms with Crippen molar-refractivity contribution >= 4 is 55.0 Å². The Kier molecular flexibility index (Phi) is 7.37. The van der Waals surface area contributed by atoms with Gasteiger partial charge >= 0.3 is 0 Å². The van der Waals surface area contributed by atoms with Crippen molar-refractivity contribution in [2.45, 2.75) is 32.3 Å². The average molecular weight is 591 g/mol. The van der Waals surface area contributed by atoms with Gasteiger partial charge in [0.15, 0.2) is 6.61 Å². The normalized spacial score (nSPS) is 11.7. The molecule has 3 N–H and O–H groups in total. The molecule has 1 amide bonds. The lowest BCUT2D eigenvalue weighted by atomic mass is 10.1. The monoisotopic (exact) mass is 590 g/mol. The highest BCUT2D eigenvalue weighted by Crippen LogP contribution is 2.32. The number of carbonyl (C=O) groups is 2. The summed E-state index contributed by atoms with van der Waals surface area (Å²) in [5.41, 5.74) is 8.59. The zero-order valence-corrected chi connectivity index (χ0v) is 24.1. The molecule has 0 radical (unpaired) electrons. The van der Waals surface area contributed by atoms with Crippen LogP contribution in [0.25, 0.3) is 21.7 Å². The molecule has 4 aromatic carbocycles. The van der Waals surface area contributed by atoms with E-state index in [4.69, 9.17) is 22.1 Å². The number of ketones is 1. The fourth-order valence-electron chi connectivity index (χ4n) is 5.22. The number of amides is 1. The highest BCUT2D eigenvalue weighted by Gasteiger charge is 2.27. The third kappa shape index (κ3) is 5.19. The van der Waals surface area contributed by atoms with E-state index in [-0.39, 0.29) is 33.9 Å². The Morgan fingerprint density at radius 3 is 2.29 bits per heavy atom. The standard InChI is InChI=1S/C31H27ClN2O6S/c1-17-8-18(2)30(19(3)9-17)41(38,39)34-14-26(24-7-4-20(15-35)10-27(24)34)28(36)16-40-29-13-21-5-6-23(32)11-22(21)12-25(29)31(33)37/h4-14,35H,15-16H2,1-3H3,(H2,33,37). The van der Waals surface area contributed by atoms with Gasteiger partial charge in [0, 0.05) is 22.2 Å². The lowest BCUT2D eigenvalue weighted by Crippen LogP contribution is -2.17. The van der Waals surface area contributed by atoms with E-state index in [0.29, 0.717) is 32.5 Å². The molecule has 5 rings (SSSR count). The second-order valence-corrected chi connectivity index (χ2v) is 12.2. The number of nitrogens with zero attached hydrogens (tertiary/aromatic N) is 1. The third-order valence-electron chi connectivity index (χ3n) is 6.97. The van der Waals surface area contributed by atoms with Crippen molar-refractivity contribution in [2.75, 3.05) is 6.61 Å². The predicted molar refractivity (Wildman–Crippen MR) is 158 cm³/mol. The molecule has 10 heteroatoms. The van der Waals surface area contributed by atoms with Crippen LogP contribution in [0.1, 0.15) is 43.0 Å². The largest absolute Gasteiger partial charge is 0.485 e. The van der Waals surface area contributed by atoms with Crippen molar-refractivity contribution in [3.8, 4) is 5.75 Å². The van der Waals surface area contributed by atoms with Gasteiger partial charge in [-0.2, -0.15) is 0 Å². The molecule has 0 bridgehead atoms. The molecule has 0 aliphatic rings. The number of Topliss-reactive ketones (excluding diaryl/α,β-unsaturated/α-hetero) is 1. The maximum Gasteiger partial charge on any atom is 0.268 e. The second-order valence-electron chi connectivity index (χ2n) is 10.00. The van der Waals surface area contributed by atoms with Crippen LogP contribution in [0.3, 0.4) is 0 Å². The number of hydrogen-bond acceptors (Lipinski definition) is 6. The van der Waals surface area contributed by atoms with Crippen LogP contribution in [-0.2, 0) is 16.6 Å². The SMILES string of the molecule is Cc1cc(C)c(S(=O)(=O)n2cc(C(=O)COc3cc4ccc(Cl)cc4cc3C(N)=O)c3ccc(CO)cc32)c(C)c1. The molecule has 1 aromatic heterocycles. The number of aromatic nitrogens is 1. The van der Waals surface area contributed by atoms with Crippen LogP contribution in [0.4, 0.5) is 0 Å². The minimum atomic E-state index is -4.12. The number of aliphatic hydroxyl groups is 1. The Morgan fingerprint density at radius 2 is 1.63 bits per heavy atom. The van der Waals surface area contributed by atoms with E-state index in [0.717, 1.165) is 14.9 Å². The first-order valence-corrected chi connectivity index (χ1v) is 14.5. The zero-order chi connectivity index (χ0) is 29.6. The molecule has 0 fully saturated rings. The Bertz CT molecular complexity index is 1970. The molecule has 1 heterocycles. The fraction of sp³-hybridized carbons (Fsp3) is 0.161. The first-order chi connectivity index (χ1) is 19.4. The number of fused-ring (bicyclic) bond motifs is 2. The highest BCUT2D eigenvalue weighted by molar-refractivity contribution is 7.90. The number of aryl methyl sites for hydroxylation is 3. The number of carbonyl (C=O) groups excluding carboxylic acids is 2. The van der Waals surface area contributed by atoms with Crippen LogP contribution in [0.5, 0.6) is 5.75 Å². The molecule has 0 atom stereocenters. The van der Waals surface area contributed by atoms with Gasteiger partial charge in [-0.25, -0.2) is 12.4 Å². The third-order valence-corrected chi connectivity index (χ3v) is 9.18. The summed E-state index contributed by atoms with van der Waals surface area (Å²) in [7, 11) is -4.12. The summed E-state index contributed by atoms with van der Waals surface area (Å²) < 4.78 is 34.8. The maximum atomic E-state index is 14.0. The van der Waals surface area contributed by atoms with Crippen LogP contribution < -0.4 is 10.5 Å². The van der Waals surface area contributed by atoms with Crippen LogP contribution in [-0.4, -0.2) is 35.8 Å². The molecule has 41 heavy (non-hydrogen) atoms. The van der Waals surface area contributed by atoms with Gasteiger partial charge in [0.1, 0.15) is 5.75 Å². The molecule has 0 spiro atoms. The van der Waals surface area contributed by atoms with Crippen LogP contribution in [0, 0.1) is 20.8 Å². The fourth-order valence-corrected chi connectivity index (χ4v) is 7.18. The molecule has 0 unspecified atom stereocenters. The summed E-state index contributed by atoms with van der Waals surface area (Å²) >= 11 is 6.07. The van der Waals surface area contributed by atoms with Gasteiger partial charge in [-0.3, -0.25) is 9.59 Å². The number of rotatable bonds is 8. The smallest absolute Gasteiger partial charge is 0.268 e. The Balaban J connectivity index is 1.58. The second kappa shape index (κ2) is 10.7. The van der Waals surface area contributed by atoms with Gasteiger partial charge in [-0.1, -0.05) is 47.5 Å². The van der Waals surface area contributed by atoms with Crippen molar-refractivity contribution in [1.29, 1.82) is 0 Å². The summed E-state index contributed by atoms with van der Waals surface area (Å²) in [4.78, 5) is 25.8. The summed E-state index contributed by atoms with van der Waals surface area (Å²) in [6.07, 6.45) is 1.28. The minimum Gasteiger partial charge on any atom is -0.485 e. The number of halogens is 1. The number of benzene rings is 4. The van der Waals surface area contributed by atoms with E-state index in [1.165, 1.54) is 6.20 Å². The summed E-state index contributed by atoms with van der Waals surface area (Å²) in [6.45, 7) is 4.55. The van der Waals surface area contributed by atoms with Crippen molar-refractivity contribution < 1.29 is 27.9 Å². The maximum absolute atomic E-state index is 14.0. The zero-order valence-electron chi connectivity index (χ0n) is 22.6. The van der Waals surface area contributed by atoms with Crippen molar-refractivity contribution in [1.82, 2.24) is 3.97 Å². The van der Waals surface area contributed by atoms with Gasteiger partial charge in [-0.15, -0.1) is 0 Å². The van der Waals surface area contributed by atoms with Crippen LogP contribution in [0.15, 0.2) is 71.8 Å². The van der Waals surface area contributed by atoms with E-state index in [2.05, 4.69) is 0 Å². The lowest BCUT2D eigenvalue weighted by molar-refractivity contribution is 0.0914. The minimum absolute atomic E-state index is 0.0791. The number of ether oxygens (including phenoxy) is 1. The van der Waals surface area contributed by atoms with Crippen molar-refractivity contribution in [3.63, 3.8) is 0 Å². The highest BCUT2D eigenvalue weighted by atomic mass is 35.5. The van der Waals surface area contributed by atoms with E-state index in [9.17, 15) is 23.1 Å². The Morgan fingerprint density at radius 1 is 0.927 bits per heavy atom. The average Bonchev–Trinajstić information content (AvgIpc) is 3.30. The van der Waals surface area contributed by atoms with Gasteiger partial charge in [-0.05, 0) is 78.6 Å². The van der Waals surface area contributed by atoms with Gasteiger partial charge < -0.3 is 15.6 Å². The van der Waals surface area contributed by atoms with Gasteiger partial charge in [0.2, 0.25) is 5.78 Å². The summed E-state index contributed by atoms with van der Waals surface area (Å²) in [5, 5.41) is 12.0. The van der Waals surface area contributed by atoms with E-state index < -0.39 is 28.3 Å². The van der Waals surface area contributed by atoms with Crippen LogP contribution >= 0.6 is 11.6 Å². The first-order valence-electron chi connectivity index (χ1n) is 12.7. The summed E-state index contributed by atoms with van der Waals surface area (Å²) in [6, 6.07) is 16.6. The Hall–Kier alpha value is -4.18. The van der Waals surface area contributed by atoms with Crippen LogP contribution in [0.2, 0.25) is 5.02 Å². The molecule has 0 saturated heterocycles. The van der Waals surface area contributed by atoms with E-state index in [1.807, 2.05) is 6.92 Å². The van der Waals surface area contributed by atoms with E-state index >= 15 is 0 Å². The van der Waals surface area contributed by atoms with Gasteiger partial charge in [0.05, 0.1) is 22.6 Å². The van der Waals surface area contributed by atoms with Crippen molar-refractivity contribution in [2.24, 2.45) is 5.73 Å². The predicted octanol–water partition coefficient (Wildman–Crippen LogP) is 5.46. The van der Waals surface area contributed by atoms with Gasteiger partial charge in [0.25, 0.3) is 15.9 Å². The molecule has 8 nitrogen and oxygen atoms in total. The number of hydrogen-bond donors (Lipinski definition) is 2. The molecule has 0 aliphatic heterocycles. The topological polar surface area (TPSA) is 129 Å². The summed E-state index contributed by atoms with van der Waals surface area (Å²) in [5.74, 6) is -1.13. The number of aliphatic hydroxyl groups excluding tert-OH is 1. The molecule has 0 saturated carbocycles. The number of primary amides is 1. The molecular formula is C31H27ClN2O6S. The number of nitrogens with two attached hydrogens (primary N) is 1. The molecular weight excluding hydrogens is 564 g/mol. The Labute approximate surface area is 242 Å². The first kappa shape index (κ1) is 28.4. The lowest BCUT2D eigenvalue weighted by Gasteiger charge is -2.14. The molecule has 5 aromatic rings. The van der Waals surface area contributed by atoms with E-state index in [1.54, 1.807) is 74.5 Å².